The molecule has 1 aliphatic heterocycles. The molecule has 2 rings (SSSR count). The third-order valence-corrected chi connectivity index (χ3v) is 3.61. The molecule has 0 amide bonds. The Morgan fingerprint density at radius 2 is 2.39 bits per heavy atom. The standard InChI is InChI=1S/C13H23N3O2/c1-11-12(9-16(14-11)6-7-17)8-15-5-3-4-13(15)10-18-2/h9,13,17H,3-8,10H2,1-2H3/t13-/m0/s1. The highest BCUT2D eigenvalue weighted by molar-refractivity contribution is 5.15. The highest BCUT2D eigenvalue weighted by Gasteiger charge is 2.25. The van der Waals surface area contributed by atoms with Gasteiger partial charge in [-0.05, 0) is 26.3 Å². The zero-order valence-corrected chi connectivity index (χ0v) is 11.3. The molecule has 0 aromatic carbocycles. The summed E-state index contributed by atoms with van der Waals surface area (Å²) in [6, 6.07) is 0.538. The number of ether oxygens (including phenoxy) is 1. The normalized spacial score (nSPS) is 20.7. The predicted molar refractivity (Wildman–Crippen MR) is 69.4 cm³/mol. The Kier molecular flexibility index (Phi) is 4.74. The molecule has 5 heteroatoms. The van der Waals surface area contributed by atoms with E-state index in [9.17, 15) is 0 Å². The maximum absolute atomic E-state index is 8.93. The molecule has 2 heterocycles. The van der Waals surface area contributed by atoms with Gasteiger partial charge < -0.3 is 9.84 Å². The minimum Gasteiger partial charge on any atom is -0.394 e. The van der Waals surface area contributed by atoms with Gasteiger partial charge in [0.1, 0.15) is 0 Å². The summed E-state index contributed by atoms with van der Waals surface area (Å²) < 4.78 is 7.10. The van der Waals surface area contributed by atoms with Crippen molar-refractivity contribution in [3.8, 4) is 0 Å². The van der Waals surface area contributed by atoms with Gasteiger partial charge >= 0.3 is 0 Å². The van der Waals surface area contributed by atoms with E-state index in [0.29, 0.717) is 12.6 Å². The summed E-state index contributed by atoms with van der Waals surface area (Å²) in [5, 5.41) is 13.3. The summed E-state index contributed by atoms with van der Waals surface area (Å²) >= 11 is 0. The lowest BCUT2D eigenvalue weighted by molar-refractivity contribution is 0.112. The predicted octanol–water partition coefficient (Wildman–Crippen LogP) is 0.795. The van der Waals surface area contributed by atoms with Crippen LogP contribution in [0.5, 0.6) is 0 Å². The second kappa shape index (κ2) is 6.31. The Morgan fingerprint density at radius 3 is 3.11 bits per heavy atom. The summed E-state index contributed by atoms with van der Waals surface area (Å²) in [4.78, 5) is 2.47. The van der Waals surface area contributed by atoms with Crippen LogP contribution in [-0.4, -0.2) is 52.7 Å². The molecule has 102 valence electrons. The van der Waals surface area contributed by atoms with Crippen LogP contribution in [0.3, 0.4) is 0 Å². The van der Waals surface area contributed by atoms with Gasteiger partial charge in [0.2, 0.25) is 0 Å². The van der Waals surface area contributed by atoms with Crippen molar-refractivity contribution in [1.82, 2.24) is 14.7 Å². The van der Waals surface area contributed by atoms with Crippen LogP contribution in [0.4, 0.5) is 0 Å². The molecular weight excluding hydrogens is 230 g/mol. The number of aromatic nitrogens is 2. The summed E-state index contributed by atoms with van der Waals surface area (Å²) in [6.07, 6.45) is 4.52. The molecule has 1 aliphatic rings. The first-order valence-corrected chi connectivity index (χ1v) is 6.61. The molecule has 0 spiro atoms. The lowest BCUT2D eigenvalue weighted by Gasteiger charge is -2.23. The van der Waals surface area contributed by atoms with Crippen molar-refractivity contribution >= 4 is 0 Å². The van der Waals surface area contributed by atoms with E-state index in [1.807, 2.05) is 17.8 Å². The van der Waals surface area contributed by atoms with Crippen molar-refractivity contribution in [2.75, 3.05) is 26.9 Å². The monoisotopic (exact) mass is 253 g/mol. The van der Waals surface area contributed by atoms with Gasteiger partial charge in [0.05, 0.1) is 25.5 Å². The lowest BCUT2D eigenvalue weighted by Crippen LogP contribution is -2.32. The maximum Gasteiger partial charge on any atom is 0.0641 e. The van der Waals surface area contributed by atoms with E-state index in [-0.39, 0.29) is 6.61 Å². The molecule has 0 radical (unpaired) electrons. The highest BCUT2D eigenvalue weighted by atomic mass is 16.5. The van der Waals surface area contributed by atoms with Gasteiger partial charge in [0.15, 0.2) is 0 Å². The van der Waals surface area contributed by atoms with Crippen LogP contribution in [-0.2, 0) is 17.8 Å². The first kappa shape index (κ1) is 13.5. The number of rotatable bonds is 6. The van der Waals surface area contributed by atoms with Gasteiger partial charge in [-0.1, -0.05) is 0 Å². The van der Waals surface area contributed by atoms with Crippen LogP contribution < -0.4 is 0 Å². The Labute approximate surface area is 108 Å². The third-order valence-electron chi connectivity index (χ3n) is 3.61. The van der Waals surface area contributed by atoms with Gasteiger partial charge in [-0.3, -0.25) is 9.58 Å². The second-order valence-corrected chi connectivity index (χ2v) is 4.95. The fourth-order valence-electron chi connectivity index (χ4n) is 2.63. The molecule has 18 heavy (non-hydrogen) atoms. The van der Waals surface area contributed by atoms with Crippen LogP contribution in [0.1, 0.15) is 24.1 Å². The Balaban J connectivity index is 1.99. The van der Waals surface area contributed by atoms with Crippen LogP contribution in [0, 0.1) is 6.92 Å². The van der Waals surface area contributed by atoms with Gasteiger partial charge in [-0.15, -0.1) is 0 Å². The molecule has 1 atom stereocenters. The second-order valence-electron chi connectivity index (χ2n) is 4.95. The van der Waals surface area contributed by atoms with Crippen LogP contribution in [0.2, 0.25) is 0 Å². The van der Waals surface area contributed by atoms with Crippen LogP contribution in [0.25, 0.3) is 0 Å². The fraction of sp³-hybridized carbons (Fsp3) is 0.769. The largest absolute Gasteiger partial charge is 0.394 e. The fourth-order valence-corrected chi connectivity index (χ4v) is 2.63. The first-order valence-electron chi connectivity index (χ1n) is 6.61. The molecular formula is C13H23N3O2. The molecule has 1 saturated heterocycles. The Hall–Kier alpha value is -0.910. The minimum atomic E-state index is 0.135. The van der Waals surface area contributed by atoms with Crippen LogP contribution in [0.15, 0.2) is 6.20 Å². The smallest absolute Gasteiger partial charge is 0.0641 e. The number of hydrogen-bond acceptors (Lipinski definition) is 4. The summed E-state index contributed by atoms with van der Waals surface area (Å²) in [6.45, 7) is 5.62. The maximum atomic E-state index is 8.93. The van der Waals surface area contributed by atoms with Crippen molar-refractivity contribution < 1.29 is 9.84 Å². The average molecular weight is 253 g/mol. The molecule has 1 N–H and O–H groups in total. The van der Waals surface area contributed by atoms with Gasteiger partial charge in [-0.2, -0.15) is 5.10 Å². The van der Waals surface area contributed by atoms with Crippen molar-refractivity contribution in [3.05, 3.63) is 17.5 Å². The van der Waals surface area contributed by atoms with Crippen molar-refractivity contribution in [3.63, 3.8) is 0 Å². The highest BCUT2D eigenvalue weighted by Crippen LogP contribution is 2.21. The molecule has 1 fully saturated rings. The zero-order valence-electron chi connectivity index (χ0n) is 11.3. The SMILES string of the molecule is COC[C@@H]1CCCN1Cc1cn(CCO)nc1C. The lowest BCUT2D eigenvalue weighted by atomic mass is 10.2. The summed E-state index contributed by atoms with van der Waals surface area (Å²) in [7, 11) is 1.76. The van der Waals surface area contributed by atoms with Crippen LogP contribution >= 0.6 is 0 Å². The number of hydrogen-bond donors (Lipinski definition) is 1. The Morgan fingerprint density at radius 1 is 1.56 bits per heavy atom. The van der Waals surface area contributed by atoms with E-state index < -0.39 is 0 Å². The van der Waals surface area contributed by atoms with Gasteiger partial charge in [0, 0.05) is 31.5 Å². The van der Waals surface area contributed by atoms with E-state index in [4.69, 9.17) is 9.84 Å². The minimum absolute atomic E-state index is 0.135. The van der Waals surface area contributed by atoms with E-state index in [0.717, 1.165) is 25.4 Å². The van der Waals surface area contributed by atoms with E-state index in [1.54, 1.807) is 7.11 Å². The third kappa shape index (κ3) is 3.10. The molecule has 0 bridgehead atoms. The number of methoxy groups -OCH3 is 1. The first-order chi connectivity index (χ1) is 8.74. The van der Waals surface area contributed by atoms with Gasteiger partial charge in [-0.25, -0.2) is 0 Å². The molecule has 0 unspecified atom stereocenters. The van der Waals surface area contributed by atoms with Crippen molar-refractivity contribution in [1.29, 1.82) is 0 Å². The van der Waals surface area contributed by atoms with Crippen molar-refractivity contribution in [2.24, 2.45) is 0 Å². The molecule has 1 aromatic heterocycles. The quantitative estimate of drug-likeness (QED) is 0.814. The van der Waals surface area contributed by atoms with E-state index >= 15 is 0 Å². The van der Waals surface area contributed by atoms with Gasteiger partial charge in [0.25, 0.3) is 0 Å². The topological polar surface area (TPSA) is 50.5 Å². The number of nitrogens with zero attached hydrogens (tertiary/aromatic N) is 3. The Bertz CT molecular complexity index is 378. The number of aryl methyl sites for hydroxylation is 1. The van der Waals surface area contributed by atoms with Crippen molar-refractivity contribution in [2.45, 2.75) is 38.9 Å². The summed E-state index contributed by atoms with van der Waals surface area (Å²) in [5.74, 6) is 0. The number of aliphatic hydroxyl groups excluding tert-OH is 1. The molecule has 1 aromatic rings. The number of likely N-dealkylation sites (tertiary alicyclic amines) is 1. The zero-order chi connectivity index (χ0) is 13.0. The summed E-state index contributed by atoms with van der Waals surface area (Å²) in [5.41, 5.74) is 2.32. The molecule has 0 aliphatic carbocycles. The van der Waals surface area contributed by atoms with E-state index in [2.05, 4.69) is 10.00 Å². The molecule has 5 nitrogen and oxygen atoms in total. The number of aliphatic hydroxyl groups is 1. The average Bonchev–Trinajstić information content (AvgIpc) is 2.89. The van der Waals surface area contributed by atoms with E-state index in [1.165, 1.54) is 18.4 Å². The molecule has 0 saturated carbocycles.